The fraction of sp³-hybridized carbons (Fsp3) is 0.304. The Bertz CT molecular complexity index is 933. The number of rotatable bonds is 9. The van der Waals surface area contributed by atoms with Crippen LogP contribution in [0.5, 0.6) is 0 Å². The van der Waals surface area contributed by atoms with Gasteiger partial charge < -0.3 is 10.2 Å². The zero-order valence-electron chi connectivity index (χ0n) is 17.2. The van der Waals surface area contributed by atoms with Crippen molar-refractivity contribution in [1.29, 1.82) is 0 Å². The lowest BCUT2D eigenvalue weighted by atomic mass is 10.0. The van der Waals surface area contributed by atoms with E-state index in [2.05, 4.69) is 10.2 Å². The summed E-state index contributed by atoms with van der Waals surface area (Å²) in [6.07, 6.45) is 0.752. The molecule has 8 nitrogen and oxygen atoms in total. The Hall–Kier alpha value is -3.52. The Morgan fingerprint density at radius 1 is 1.03 bits per heavy atom. The highest BCUT2D eigenvalue weighted by atomic mass is 16.6. The van der Waals surface area contributed by atoms with E-state index in [0.717, 1.165) is 11.1 Å². The van der Waals surface area contributed by atoms with Gasteiger partial charge in [0.2, 0.25) is 17.6 Å². The number of carbonyl (C=O) groups excluding carboxylic acids is 4. The second-order valence-electron chi connectivity index (χ2n) is 7.31. The lowest BCUT2D eigenvalue weighted by molar-refractivity contribution is -0.146. The smallest absolute Gasteiger partial charge is 0.313 e. The number of nitrogens with one attached hydrogen (secondary N) is 2. The van der Waals surface area contributed by atoms with Crippen LogP contribution in [0.1, 0.15) is 24.0 Å². The standard InChI is InChI=1S/C23H25N3O5/c1-31-25-23(30)21(28)18(14-16-8-4-2-5-9-16)24-22(29)19-12-13-20(27)26(19)15-17-10-6-3-7-11-17/h2-11,18-19H,12-15H2,1H3,(H,24,29)(H,25,30). The molecule has 31 heavy (non-hydrogen) atoms. The number of Topliss-reactive ketones (excluding diaryl/α,β-unsaturated/α-hetero) is 1. The summed E-state index contributed by atoms with van der Waals surface area (Å²) in [6.45, 7) is 0.305. The van der Waals surface area contributed by atoms with Crippen LogP contribution in [0.4, 0.5) is 0 Å². The van der Waals surface area contributed by atoms with Crippen LogP contribution in [0, 0.1) is 0 Å². The molecule has 2 unspecified atom stereocenters. The van der Waals surface area contributed by atoms with Crippen molar-refractivity contribution in [2.75, 3.05) is 7.11 Å². The van der Waals surface area contributed by atoms with Crippen LogP contribution >= 0.6 is 0 Å². The predicted octanol–water partition coefficient (Wildman–Crippen LogP) is 1.15. The van der Waals surface area contributed by atoms with Crippen LogP contribution in [-0.2, 0) is 37.0 Å². The number of likely N-dealkylation sites (tertiary alicyclic amines) is 1. The molecule has 0 saturated carbocycles. The van der Waals surface area contributed by atoms with Crippen LogP contribution in [0.3, 0.4) is 0 Å². The number of amides is 3. The third-order valence-corrected chi connectivity index (χ3v) is 5.16. The molecule has 3 rings (SSSR count). The van der Waals surface area contributed by atoms with Gasteiger partial charge in [0.05, 0.1) is 7.11 Å². The second kappa shape index (κ2) is 10.5. The van der Waals surface area contributed by atoms with Gasteiger partial charge in [-0.2, -0.15) is 0 Å². The fourth-order valence-corrected chi connectivity index (χ4v) is 3.61. The van der Waals surface area contributed by atoms with Crippen molar-refractivity contribution < 1.29 is 24.0 Å². The molecule has 0 aromatic heterocycles. The maximum absolute atomic E-state index is 13.1. The highest BCUT2D eigenvalue weighted by Crippen LogP contribution is 2.22. The first-order chi connectivity index (χ1) is 15.0. The summed E-state index contributed by atoms with van der Waals surface area (Å²) in [7, 11) is 1.22. The Balaban J connectivity index is 1.75. The number of carbonyl (C=O) groups is 4. The van der Waals surface area contributed by atoms with Gasteiger partial charge in [0.1, 0.15) is 12.1 Å². The zero-order chi connectivity index (χ0) is 22.2. The number of hydroxylamine groups is 1. The summed E-state index contributed by atoms with van der Waals surface area (Å²) >= 11 is 0. The van der Waals surface area contributed by atoms with Gasteiger partial charge in [0.15, 0.2) is 0 Å². The van der Waals surface area contributed by atoms with Gasteiger partial charge in [-0.3, -0.25) is 24.0 Å². The molecule has 1 aliphatic heterocycles. The lowest BCUT2D eigenvalue weighted by Gasteiger charge is -2.26. The molecule has 2 aromatic carbocycles. The first-order valence-electron chi connectivity index (χ1n) is 10.0. The van der Waals surface area contributed by atoms with Gasteiger partial charge in [-0.1, -0.05) is 60.7 Å². The van der Waals surface area contributed by atoms with Gasteiger partial charge in [-0.05, 0) is 17.5 Å². The topological polar surface area (TPSA) is 105 Å². The van der Waals surface area contributed by atoms with E-state index in [0.29, 0.717) is 13.0 Å². The van der Waals surface area contributed by atoms with E-state index in [-0.39, 0.29) is 18.7 Å². The van der Waals surface area contributed by atoms with E-state index < -0.39 is 29.7 Å². The predicted molar refractivity (Wildman–Crippen MR) is 112 cm³/mol. The lowest BCUT2D eigenvalue weighted by Crippen LogP contribution is -2.53. The van der Waals surface area contributed by atoms with E-state index in [9.17, 15) is 19.2 Å². The van der Waals surface area contributed by atoms with Crippen molar-refractivity contribution in [1.82, 2.24) is 15.7 Å². The number of benzene rings is 2. The molecule has 162 valence electrons. The summed E-state index contributed by atoms with van der Waals surface area (Å²) in [5.74, 6) is -2.35. The number of ketones is 1. The maximum atomic E-state index is 13.1. The van der Waals surface area contributed by atoms with E-state index in [1.165, 1.54) is 12.0 Å². The molecule has 1 aliphatic rings. The highest BCUT2D eigenvalue weighted by molar-refractivity contribution is 6.38. The fourth-order valence-electron chi connectivity index (χ4n) is 3.61. The molecule has 1 heterocycles. The Labute approximate surface area is 180 Å². The van der Waals surface area contributed by atoms with Gasteiger partial charge in [0, 0.05) is 19.4 Å². The number of hydrogen-bond donors (Lipinski definition) is 2. The molecular formula is C23H25N3O5. The van der Waals surface area contributed by atoms with E-state index in [4.69, 9.17) is 0 Å². The van der Waals surface area contributed by atoms with Crippen LogP contribution < -0.4 is 10.8 Å². The first-order valence-corrected chi connectivity index (χ1v) is 10.0. The summed E-state index contributed by atoms with van der Waals surface area (Å²) in [5.41, 5.74) is 3.69. The number of nitrogens with zero attached hydrogens (tertiary/aromatic N) is 1. The van der Waals surface area contributed by atoms with Crippen molar-refractivity contribution in [2.24, 2.45) is 0 Å². The monoisotopic (exact) mass is 423 g/mol. The third kappa shape index (κ3) is 5.76. The Morgan fingerprint density at radius 3 is 2.26 bits per heavy atom. The third-order valence-electron chi connectivity index (χ3n) is 5.16. The normalized spacial score (nSPS) is 16.6. The van der Waals surface area contributed by atoms with E-state index in [1.54, 1.807) is 0 Å². The molecule has 1 saturated heterocycles. The molecule has 0 bridgehead atoms. The van der Waals surface area contributed by atoms with E-state index in [1.807, 2.05) is 66.1 Å². The van der Waals surface area contributed by atoms with Crippen molar-refractivity contribution in [3.63, 3.8) is 0 Å². The van der Waals surface area contributed by atoms with Crippen molar-refractivity contribution in [3.8, 4) is 0 Å². The molecule has 0 spiro atoms. The van der Waals surface area contributed by atoms with Crippen molar-refractivity contribution in [2.45, 2.75) is 37.9 Å². The van der Waals surface area contributed by atoms with Gasteiger partial charge in [-0.25, -0.2) is 5.48 Å². The molecule has 0 aliphatic carbocycles. The molecule has 2 aromatic rings. The van der Waals surface area contributed by atoms with Gasteiger partial charge in [-0.15, -0.1) is 0 Å². The first kappa shape index (κ1) is 22.2. The minimum absolute atomic E-state index is 0.118. The van der Waals surface area contributed by atoms with E-state index >= 15 is 0 Å². The quantitative estimate of drug-likeness (QED) is 0.465. The van der Waals surface area contributed by atoms with Crippen LogP contribution in [0.2, 0.25) is 0 Å². The van der Waals surface area contributed by atoms with Gasteiger partial charge >= 0.3 is 5.91 Å². The van der Waals surface area contributed by atoms with Gasteiger partial charge in [0.25, 0.3) is 0 Å². The minimum Gasteiger partial charge on any atom is -0.344 e. The summed E-state index contributed by atoms with van der Waals surface area (Å²) < 4.78 is 0. The van der Waals surface area contributed by atoms with Crippen LogP contribution in [0.15, 0.2) is 60.7 Å². The molecule has 1 fully saturated rings. The largest absolute Gasteiger partial charge is 0.344 e. The zero-order valence-corrected chi connectivity index (χ0v) is 17.2. The molecular weight excluding hydrogens is 398 g/mol. The highest BCUT2D eigenvalue weighted by Gasteiger charge is 2.38. The number of hydrogen-bond acceptors (Lipinski definition) is 5. The molecule has 2 N–H and O–H groups in total. The summed E-state index contributed by atoms with van der Waals surface area (Å²) in [4.78, 5) is 56.2. The van der Waals surface area contributed by atoms with Crippen molar-refractivity contribution >= 4 is 23.5 Å². The summed E-state index contributed by atoms with van der Waals surface area (Å²) in [6, 6.07) is 16.7. The second-order valence-corrected chi connectivity index (χ2v) is 7.31. The summed E-state index contributed by atoms with van der Waals surface area (Å²) in [5, 5.41) is 2.68. The Morgan fingerprint density at radius 2 is 1.65 bits per heavy atom. The van der Waals surface area contributed by atoms with Crippen molar-refractivity contribution in [3.05, 3.63) is 71.8 Å². The average molecular weight is 423 g/mol. The molecule has 0 radical (unpaired) electrons. The minimum atomic E-state index is -1.08. The maximum Gasteiger partial charge on any atom is 0.313 e. The average Bonchev–Trinajstić information content (AvgIpc) is 3.14. The molecule has 8 heteroatoms. The Kier molecular flexibility index (Phi) is 7.50. The van der Waals surface area contributed by atoms with Crippen LogP contribution in [-0.4, -0.2) is 47.6 Å². The molecule has 2 atom stereocenters. The SMILES string of the molecule is CONC(=O)C(=O)C(Cc1ccccc1)NC(=O)C1CCC(=O)N1Cc1ccccc1. The van der Waals surface area contributed by atoms with Crippen LogP contribution in [0.25, 0.3) is 0 Å². The molecule has 3 amide bonds.